The van der Waals surface area contributed by atoms with Gasteiger partial charge in [0.1, 0.15) is 5.60 Å². The van der Waals surface area contributed by atoms with Crippen LogP contribution >= 0.6 is 0 Å². The zero-order valence-corrected chi connectivity index (χ0v) is 20.4. The smallest absolute Gasteiger partial charge is 0.325 e. The van der Waals surface area contributed by atoms with Gasteiger partial charge >= 0.3 is 5.97 Å². The largest absolute Gasteiger partial charge is 0.459 e. The number of carbonyl (C=O) groups excluding carboxylic acids is 2. The van der Waals surface area contributed by atoms with Crippen LogP contribution in [0.2, 0.25) is 0 Å². The van der Waals surface area contributed by atoms with E-state index in [2.05, 4.69) is 5.32 Å². The monoisotopic (exact) mass is 439 g/mol. The van der Waals surface area contributed by atoms with E-state index < -0.39 is 45.2 Å². The van der Waals surface area contributed by atoms with Gasteiger partial charge in [-0.15, -0.1) is 0 Å². The predicted octanol–water partition coefficient (Wildman–Crippen LogP) is 3.74. The van der Waals surface area contributed by atoms with Crippen molar-refractivity contribution in [2.24, 2.45) is 11.3 Å². The third kappa shape index (κ3) is 7.20. The molecule has 6 nitrogen and oxygen atoms in total. The summed E-state index contributed by atoms with van der Waals surface area (Å²) in [6.07, 6.45) is -1.15. The Morgan fingerprint density at radius 3 is 2.03 bits per heavy atom. The van der Waals surface area contributed by atoms with Crippen molar-refractivity contribution in [1.82, 2.24) is 5.32 Å². The highest BCUT2D eigenvalue weighted by atomic mass is 32.2. The van der Waals surface area contributed by atoms with E-state index in [9.17, 15) is 18.9 Å². The van der Waals surface area contributed by atoms with Crippen molar-refractivity contribution in [3.8, 4) is 0 Å². The maximum atomic E-state index is 13.6. The molecule has 0 heterocycles. The van der Waals surface area contributed by atoms with Crippen LogP contribution in [0, 0.1) is 11.3 Å². The number of aliphatic hydroxyl groups is 1. The van der Waals surface area contributed by atoms with Gasteiger partial charge in [-0.25, -0.2) is 0 Å². The van der Waals surface area contributed by atoms with Gasteiger partial charge in [-0.2, -0.15) is 0 Å². The second-order valence-corrected chi connectivity index (χ2v) is 11.5. The minimum Gasteiger partial charge on any atom is -0.459 e. The lowest BCUT2D eigenvalue weighted by atomic mass is 9.94. The fourth-order valence-electron chi connectivity index (χ4n) is 2.71. The van der Waals surface area contributed by atoms with Crippen LogP contribution in [0.3, 0.4) is 0 Å². The molecule has 170 valence electrons. The van der Waals surface area contributed by atoms with Crippen LogP contribution in [0.25, 0.3) is 0 Å². The molecule has 0 unspecified atom stereocenters. The van der Waals surface area contributed by atoms with Crippen LogP contribution in [-0.4, -0.2) is 38.1 Å². The second kappa shape index (κ2) is 10.1. The van der Waals surface area contributed by atoms with Crippen LogP contribution in [0.1, 0.15) is 73.9 Å². The minimum atomic E-state index is -1.88. The lowest BCUT2D eigenvalue weighted by molar-refractivity contribution is -0.156. The predicted molar refractivity (Wildman–Crippen MR) is 119 cm³/mol. The Balaban J connectivity index is 3.34. The molecule has 4 atom stereocenters. The number of hydrogen-bond donors (Lipinski definition) is 2. The van der Waals surface area contributed by atoms with E-state index in [1.54, 1.807) is 65.8 Å². The average molecular weight is 440 g/mol. The number of rotatable bonds is 7. The zero-order chi connectivity index (χ0) is 23.4. The van der Waals surface area contributed by atoms with Crippen LogP contribution in [0.4, 0.5) is 0 Å². The van der Waals surface area contributed by atoms with Crippen molar-refractivity contribution in [2.75, 3.05) is 0 Å². The van der Waals surface area contributed by atoms with Crippen LogP contribution in [-0.2, 0) is 25.1 Å². The highest BCUT2D eigenvalue weighted by Crippen LogP contribution is 2.28. The molecule has 1 aromatic rings. The molecule has 0 bridgehead atoms. The zero-order valence-electron chi connectivity index (χ0n) is 19.6. The third-order valence-corrected chi connectivity index (χ3v) is 6.23. The first kappa shape index (κ1) is 26.3. The quantitative estimate of drug-likeness (QED) is 0.631. The van der Waals surface area contributed by atoms with Crippen LogP contribution < -0.4 is 5.32 Å². The molecule has 0 saturated heterocycles. The molecule has 7 heteroatoms. The summed E-state index contributed by atoms with van der Waals surface area (Å²) >= 11 is 0. The van der Waals surface area contributed by atoms with E-state index in [0.29, 0.717) is 10.5 Å². The summed E-state index contributed by atoms with van der Waals surface area (Å²) in [5.74, 6) is -1.14. The Morgan fingerprint density at radius 1 is 1.03 bits per heavy atom. The molecular formula is C23H37NO5S. The lowest BCUT2D eigenvalue weighted by Gasteiger charge is -2.29. The first-order valence-corrected chi connectivity index (χ1v) is 11.5. The number of amides is 1. The van der Waals surface area contributed by atoms with Gasteiger partial charge in [-0.3, -0.25) is 13.8 Å². The molecule has 0 aliphatic heterocycles. The molecule has 0 saturated carbocycles. The Bertz CT molecular complexity index is 777. The number of aliphatic hydroxyl groups excluding tert-OH is 1. The fourth-order valence-corrected chi connectivity index (χ4v) is 4.47. The summed E-state index contributed by atoms with van der Waals surface area (Å²) in [7, 11) is -1.88. The summed E-state index contributed by atoms with van der Waals surface area (Å²) in [5, 5.41) is 12.4. The Hall–Kier alpha value is -1.73. The average Bonchev–Trinajstić information content (AvgIpc) is 2.59. The number of hydrogen-bond acceptors (Lipinski definition) is 5. The maximum Gasteiger partial charge on any atom is 0.325 e. The number of benzene rings is 1. The minimum absolute atomic E-state index is 0.138. The topological polar surface area (TPSA) is 92.7 Å². The van der Waals surface area contributed by atoms with E-state index in [1.807, 2.05) is 20.8 Å². The van der Waals surface area contributed by atoms with Gasteiger partial charge in [0.15, 0.2) is 5.25 Å². The lowest BCUT2D eigenvalue weighted by Crippen LogP contribution is -2.44. The van der Waals surface area contributed by atoms with Crippen molar-refractivity contribution in [3.05, 3.63) is 29.8 Å². The Labute approximate surface area is 183 Å². The fraction of sp³-hybridized carbons (Fsp3) is 0.652. The SMILES string of the molecule is CC(C)[C@H](O)[C@@H](C(=O)OC(C)(C)C)[S@](=O)c1ccccc1[C@@H](C)NC(=O)C(C)(C)C. The molecule has 0 fully saturated rings. The van der Waals surface area contributed by atoms with Crippen LogP contribution in [0.15, 0.2) is 29.2 Å². The molecule has 0 aromatic heterocycles. The molecule has 0 radical (unpaired) electrons. The van der Waals surface area contributed by atoms with Crippen molar-refractivity contribution in [1.29, 1.82) is 0 Å². The van der Waals surface area contributed by atoms with Gasteiger partial charge in [0.25, 0.3) is 0 Å². The van der Waals surface area contributed by atoms with E-state index in [4.69, 9.17) is 4.74 Å². The summed E-state index contributed by atoms with van der Waals surface area (Å²) in [6, 6.07) is 6.53. The van der Waals surface area contributed by atoms with E-state index in [-0.39, 0.29) is 11.8 Å². The summed E-state index contributed by atoms with van der Waals surface area (Å²) in [5.41, 5.74) is -0.711. The molecule has 2 N–H and O–H groups in total. The van der Waals surface area contributed by atoms with E-state index in [0.717, 1.165) is 0 Å². The number of nitrogens with one attached hydrogen (secondary N) is 1. The number of carbonyl (C=O) groups is 2. The summed E-state index contributed by atoms with van der Waals surface area (Å²) in [4.78, 5) is 25.7. The first-order chi connectivity index (χ1) is 13.6. The van der Waals surface area contributed by atoms with Crippen molar-refractivity contribution in [3.63, 3.8) is 0 Å². The number of esters is 1. The van der Waals surface area contributed by atoms with Gasteiger partial charge in [-0.1, -0.05) is 52.8 Å². The normalized spacial score (nSPS) is 16.5. The van der Waals surface area contributed by atoms with Gasteiger partial charge < -0.3 is 15.2 Å². The summed E-state index contributed by atoms with van der Waals surface area (Å²) < 4.78 is 19.0. The molecule has 0 aliphatic carbocycles. The highest BCUT2D eigenvalue weighted by Gasteiger charge is 2.39. The molecular weight excluding hydrogens is 402 g/mol. The summed E-state index contributed by atoms with van der Waals surface area (Å²) in [6.45, 7) is 16.0. The van der Waals surface area contributed by atoms with Crippen LogP contribution in [0.5, 0.6) is 0 Å². The third-order valence-electron chi connectivity index (χ3n) is 4.49. The van der Waals surface area contributed by atoms with Gasteiger partial charge in [0, 0.05) is 10.3 Å². The van der Waals surface area contributed by atoms with E-state index in [1.165, 1.54) is 0 Å². The Kier molecular flexibility index (Phi) is 8.81. The highest BCUT2D eigenvalue weighted by molar-refractivity contribution is 7.86. The van der Waals surface area contributed by atoms with Gasteiger partial charge in [-0.05, 0) is 45.2 Å². The molecule has 30 heavy (non-hydrogen) atoms. The van der Waals surface area contributed by atoms with Crippen molar-refractivity contribution in [2.45, 2.75) is 90.2 Å². The van der Waals surface area contributed by atoms with Crippen molar-refractivity contribution >= 4 is 22.7 Å². The standard InChI is InChI=1S/C23H37NO5S/c1-14(2)18(25)19(20(26)29-23(7,8)9)30(28)17-13-11-10-12-16(17)15(3)24-21(27)22(4,5)6/h10-15,18-19,25H,1-9H3,(H,24,27)/t15-,18+,19+,30-/m1/s1. The molecule has 1 aromatic carbocycles. The molecule has 1 amide bonds. The first-order valence-electron chi connectivity index (χ1n) is 10.3. The van der Waals surface area contributed by atoms with E-state index >= 15 is 0 Å². The molecule has 0 aliphatic rings. The molecule has 1 rings (SSSR count). The van der Waals surface area contributed by atoms with Gasteiger partial charge in [0.05, 0.1) is 22.9 Å². The maximum absolute atomic E-state index is 13.6. The Morgan fingerprint density at radius 2 is 1.57 bits per heavy atom. The second-order valence-electron chi connectivity index (χ2n) is 9.97. The van der Waals surface area contributed by atoms with Crippen molar-refractivity contribution < 1.29 is 23.6 Å². The number of ether oxygens (including phenoxy) is 1. The van der Waals surface area contributed by atoms with Gasteiger partial charge in [0.2, 0.25) is 5.91 Å². The molecule has 0 spiro atoms.